The number of likely N-dealkylation sites (tertiary alicyclic amines) is 1. The van der Waals surface area contributed by atoms with Crippen LogP contribution in [0.2, 0.25) is 0 Å². The molecular weight excluding hydrogens is 306 g/mol. The molecule has 0 aromatic heterocycles. The van der Waals surface area contributed by atoms with Gasteiger partial charge in [0.2, 0.25) is 5.91 Å². The van der Waals surface area contributed by atoms with E-state index >= 15 is 0 Å². The molecule has 0 bridgehead atoms. The Balaban J connectivity index is 1.97. The number of carbonyl (C=O) groups is 2. The quantitative estimate of drug-likeness (QED) is 0.829. The molecule has 1 aromatic carbocycles. The first-order valence-corrected chi connectivity index (χ1v) is 7.46. The van der Waals surface area contributed by atoms with Crippen molar-refractivity contribution in [3.05, 3.63) is 35.4 Å². The van der Waals surface area contributed by atoms with Crippen molar-refractivity contribution in [1.29, 1.82) is 0 Å². The van der Waals surface area contributed by atoms with Crippen molar-refractivity contribution >= 4 is 11.7 Å². The number of carbonyl (C=O) groups excluding carboxylic acids is 2. The van der Waals surface area contributed by atoms with Crippen molar-refractivity contribution in [2.24, 2.45) is 11.7 Å². The van der Waals surface area contributed by atoms with Gasteiger partial charge in [-0.15, -0.1) is 0 Å². The molecule has 0 saturated carbocycles. The van der Waals surface area contributed by atoms with Gasteiger partial charge in [-0.2, -0.15) is 0 Å². The van der Waals surface area contributed by atoms with Gasteiger partial charge in [-0.1, -0.05) is 0 Å². The molecule has 1 heterocycles. The predicted molar refractivity (Wildman–Crippen MR) is 79.8 cm³/mol. The average molecular weight is 326 g/mol. The zero-order valence-corrected chi connectivity index (χ0v) is 12.9. The number of rotatable bonds is 5. The molecule has 1 aliphatic heterocycles. The molecule has 1 atom stereocenters. The number of Topliss-reactive ketones (excluding diaryl/α,β-unsaturated/α-hetero) is 1. The number of nitrogens with zero attached hydrogens (tertiary/aromatic N) is 1. The lowest BCUT2D eigenvalue weighted by Crippen LogP contribution is -2.49. The molecule has 1 unspecified atom stereocenters. The summed E-state index contributed by atoms with van der Waals surface area (Å²) in [5.41, 5.74) is 5.48. The van der Waals surface area contributed by atoms with Crippen LogP contribution in [-0.4, -0.2) is 49.4 Å². The molecule has 7 heteroatoms. The third-order valence-electron chi connectivity index (χ3n) is 4.03. The number of hydrogen-bond donors (Lipinski definition) is 1. The molecule has 1 aliphatic rings. The van der Waals surface area contributed by atoms with Gasteiger partial charge in [-0.05, 0) is 31.0 Å². The highest BCUT2D eigenvalue weighted by atomic mass is 19.1. The molecule has 23 heavy (non-hydrogen) atoms. The number of methoxy groups -OCH3 is 1. The van der Waals surface area contributed by atoms with E-state index < -0.39 is 29.4 Å². The monoisotopic (exact) mass is 326 g/mol. The van der Waals surface area contributed by atoms with Crippen LogP contribution in [0.3, 0.4) is 0 Å². The number of ether oxygens (including phenoxy) is 1. The van der Waals surface area contributed by atoms with Gasteiger partial charge >= 0.3 is 0 Å². The van der Waals surface area contributed by atoms with Crippen LogP contribution in [0.1, 0.15) is 23.2 Å². The lowest BCUT2D eigenvalue weighted by molar-refractivity contribution is -0.135. The summed E-state index contributed by atoms with van der Waals surface area (Å²) in [5, 5.41) is 0. The van der Waals surface area contributed by atoms with Crippen molar-refractivity contribution in [3.63, 3.8) is 0 Å². The maximum absolute atomic E-state index is 13.7. The molecular formula is C16H20F2N2O3. The standard InChI is InChI=1S/C16H20F2N2O3/c1-23-9-14(19)16(22)20-6-4-10(5-7-20)15(21)12-8-11(17)2-3-13(12)18/h2-3,8,10,14H,4-7,9,19H2,1H3. The number of nitrogens with two attached hydrogens (primary N) is 1. The molecule has 0 spiro atoms. The maximum Gasteiger partial charge on any atom is 0.241 e. The number of halogens is 2. The van der Waals surface area contributed by atoms with E-state index in [-0.39, 0.29) is 18.1 Å². The molecule has 1 fully saturated rings. The van der Waals surface area contributed by atoms with Gasteiger partial charge in [0.15, 0.2) is 5.78 Å². The van der Waals surface area contributed by atoms with E-state index in [1.54, 1.807) is 4.90 Å². The van der Waals surface area contributed by atoms with E-state index in [1.165, 1.54) is 7.11 Å². The number of amides is 1. The maximum atomic E-state index is 13.7. The molecule has 2 N–H and O–H groups in total. The van der Waals surface area contributed by atoms with E-state index in [9.17, 15) is 18.4 Å². The molecule has 0 radical (unpaired) electrons. The second kappa shape index (κ2) is 7.61. The Morgan fingerprint density at radius 3 is 2.61 bits per heavy atom. The summed E-state index contributed by atoms with van der Waals surface area (Å²) in [6.07, 6.45) is 0.806. The topological polar surface area (TPSA) is 72.6 Å². The van der Waals surface area contributed by atoms with E-state index in [0.29, 0.717) is 25.9 Å². The highest BCUT2D eigenvalue weighted by Gasteiger charge is 2.31. The van der Waals surface area contributed by atoms with Crippen molar-refractivity contribution in [3.8, 4) is 0 Å². The molecule has 0 aliphatic carbocycles. The Morgan fingerprint density at radius 2 is 2.00 bits per heavy atom. The lowest BCUT2D eigenvalue weighted by atomic mass is 9.88. The normalized spacial score (nSPS) is 17.1. The van der Waals surface area contributed by atoms with Crippen molar-refractivity contribution in [1.82, 2.24) is 4.90 Å². The van der Waals surface area contributed by atoms with Crippen LogP contribution in [0.5, 0.6) is 0 Å². The summed E-state index contributed by atoms with van der Waals surface area (Å²) in [5.74, 6) is -2.44. The van der Waals surface area contributed by atoms with Crippen LogP contribution >= 0.6 is 0 Å². The van der Waals surface area contributed by atoms with E-state index in [4.69, 9.17) is 10.5 Å². The Kier molecular flexibility index (Phi) is 5.79. The van der Waals surface area contributed by atoms with Gasteiger partial charge < -0.3 is 15.4 Å². The summed E-state index contributed by atoms with van der Waals surface area (Å²) >= 11 is 0. The van der Waals surface area contributed by atoms with E-state index in [2.05, 4.69) is 0 Å². The number of benzene rings is 1. The Bertz CT molecular complexity index is 587. The SMILES string of the molecule is COCC(N)C(=O)N1CCC(C(=O)c2cc(F)ccc2F)CC1. The summed E-state index contributed by atoms with van der Waals surface area (Å²) in [7, 11) is 1.46. The fourth-order valence-electron chi connectivity index (χ4n) is 2.75. The van der Waals surface area contributed by atoms with Crippen LogP contribution in [-0.2, 0) is 9.53 Å². The predicted octanol–water partition coefficient (Wildman–Crippen LogP) is 1.36. The fourth-order valence-corrected chi connectivity index (χ4v) is 2.75. The van der Waals surface area contributed by atoms with Gasteiger partial charge in [0.1, 0.15) is 17.7 Å². The summed E-state index contributed by atoms with van der Waals surface area (Å²) in [6.45, 7) is 0.860. The van der Waals surface area contributed by atoms with Crippen molar-refractivity contribution in [2.75, 3.05) is 26.8 Å². The molecule has 1 saturated heterocycles. The molecule has 126 valence electrons. The van der Waals surface area contributed by atoms with Gasteiger partial charge in [0.25, 0.3) is 0 Å². The van der Waals surface area contributed by atoms with Crippen LogP contribution in [0.4, 0.5) is 8.78 Å². The van der Waals surface area contributed by atoms with Gasteiger partial charge in [0, 0.05) is 26.1 Å². The Labute approximate surface area is 133 Å². The van der Waals surface area contributed by atoms with Crippen LogP contribution < -0.4 is 5.73 Å². The van der Waals surface area contributed by atoms with Crippen LogP contribution in [0, 0.1) is 17.6 Å². The molecule has 1 aromatic rings. The minimum absolute atomic E-state index is 0.131. The van der Waals surface area contributed by atoms with Crippen LogP contribution in [0.15, 0.2) is 18.2 Å². The first kappa shape index (κ1) is 17.5. The van der Waals surface area contributed by atoms with Gasteiger partial charge in [-0.3, -0.25) is 9.59 Å². The number of piperidine rings is 1. The first-order chi connectivity index (χ1) is 10.9. The second-order valence-electron chi connectivity index (χ2n) is 5.65. The summed E-state index contributed by atoms with van der Waals surface area (Å²) in [4.78, 5) is 26.0. The summed E-state index contributed by atoms with van der Waals surface area (Å²) < 4.78 is 31.7. The molecule has 1 amide bonds. The molecule has 2 rings (SSSR count). The second-order valence-corrected chi connectivity index (χ2v) is 5.65. The van der Waals surface area contributed by atoms with Crippen molar-refractivity contribution < 1.29 is 23.1 Å². The van der Waals surface area contributed by atoms with Gasteiger partial charge in [0.05, 0.1) is 12.2 Å². The number of hydrogen-bond acceptors (Lipinski definition) is 4. The Hall–Kier alpha value is -1.86. The largest absolute Gasteiger partial charge is 0.383 e. The fraction of sp³-hybridized carbons (Fsp3) is 0.500. The smallest absolute Gasteiger partial charge is 0.241 e. The zero-order chi connectivity index (χ0) is 17.0. The zero-order valence-electron chi connectivity index (χ0n) is 12.9. The van der Waals surface area contributed by atoms with E-state index in [0.717, 1.165) is 18.2 Å². The van der Waals surface area contributed by atoms with E-state index in [1.807, 2.05) is 0 Å². The first-order valence-electron chi connectivity index (χ1n) is 7.46. The highest BCUT2D eigenvalue weighted by molar-refractivity contribution is 5.98. The minimum Gasteiger partial charge on any atom is -0.383 e. The Morgan fingerprint density at radius 1 is 1.35 bits per heavy atom. The molecule has 5 nitrogen and oxygen atoms in total. The average Bonchev–Trinajstić information content (AvgIpc) is 2.56. The highest BCUT2D eigenvalue weighted by Crippen LogP contribution is 2.24. The third kappa shape index (κ3) is 4.11. The van der Waals surface area contributed by atoms with Crippen molar-refractivity contribution in [2.45, 2.75) is 18.9 Å². The summed E-state index contributed by atoms with van der Waals surface area (Å²) in [6, 6.07) is 2.12. The van der Waals surface area contributed by atoms with Gasteiger partial charge in [-0.25, -0.2) is 8.78 Å². The lowest BCUT2D eigenvalue weighted by Gasteiger charge is -2.32. The minimum atomic E-state index is -0.729. The number of ketones is 1. The third-order valence-corrected chi connectivity index (χ3v) is 4.03. The van der Waals surface area contributed by atoms with Crippen LogP contribution in [0.25, 0.3) is 0 Å².